The van der Waals surface area contributed by atoms with Crippen LogP contribution in [0.1, 0.15) is 31.6 Å². The van der Waals surface area contributed by atoms with Crippen LogP contribution in [0.2, 0.25) is 0 Å². The van der Waals surface area contributed by atoms with Crippen LogP contribution in [0.3, 0.4) is 0 Å². The number of allylic oxidation sites excluding steroid dienone is 1. The Kier molecular flexibility index (Phi) is 5.73. The van der Waals surface area contributed by atoms with Gasteiger partial charge in [0.05, 0.1) is 6.42 Å². The highest BCUT2D eigenvalue weighted by Gasteiger charge is 2.49. The van der Waals surface area contributed by atoms with Crippen LogP contribution in [0.15, 0.2) is 52.2 Å². The van der Waals surface area contributed by atoms with Crippen LogP contribution in [-0.2, 0) is 31.0 Å². The molecule has 29 heavy (non-hydrogen) atoms. The van der Waals surface area contributed by atoms with E-state index in [1.807, 2.05) is 18.2 Å². The number of β-lactam (4-membered cyclic amide) rings is 1. The number of carbonyl (C=O) groups is 2. The molecule has 1 fully saturated rings. The zero-order valence-electron chi connectivity index (χ0n) is 16.2. The lowest BCUT2D eigenvalue weighted by molar-refractivity contribution is -0.150. The summed E-state index contributed by atoms with van der Waals surface area (Å²) in [6, 6.07) is 10.5. The molecule has 0 radical (unpaired) electrons. The highest BCUT2D eigenvalue weighted by molar-refractivity contribution is 7.93. The number of anilines is 1. The third-order valence-corrected chi connectivity index (χ3v) is 5.85. The summed E-state index contributed by atoms with van der Waals surface area (Å²) in [5.74, 6) is -0.810. The van der Waals surface area contributed by atoms with E-state index in [9.17, 15) is 18.0 Å². The van der Waals surface area contributed by atoms with Crippen LogP contribution in [0, 0.1) is 6.92 Å². The molecule has 0 bridgehead atoms. The van der Waals surface area contributed by atoms with Crippen molar-refractivity contribution >= 4 is 27.7 Å². The molecule has 1 aliphatic heterocycles. The number of hydrogen-bond donors (Lipinski definition) is 1. The average molecular weight is 419 g/mol. The van der Waals surface area contributed by atoms with Gasteiger partial charge in [0.15, 0.2) is 11.2 Å². The third kappa shape index (κ3) is 4.48. The fourth-order valence-electron chi connectivity index (χ4n) is 2.87. The molecule has 9 nitrogen and oxygen atoms in total. The van der Waals surface area contributed by atoms with Gasteiger partial charge in [-0.1, -0.05) is 35.5 Å². The fourth-order valence-corrected chi connectivity index (χ4v) is 4.25. The maximum absolute atomic E-state index is 12.7. The third-order valence-electron chi connectivity index (χ3n) is 4.26. The van der Waals surface area contributed by atoms with Crippen molar-refractivity contribution in [2.45, 2.75) is 39.2 Å². The van der Waals surface area contributed by atoms with Gasteiger partial charge in [-0.15, -0.1) is 0 Å². The Morgan fingerprint density at radius 3 is 2.55 bits per heavy atom. The number of aromatic nitrogens is 1. The molecule has 10 heteroatoms. The van der Waals surface area contributed by atoms with Gasteiger partial charge in [0.2, 0.25) is 5.91 Å². The van der Waals surface area contributed by atoms with Crippen molar-refractivity contribution in [2.24, 2.45) is 0 Å². The minimum absolute atomic E-state index is 0.00632. The number of sulfonamides is 1. The van der Waals surface area contributed by atoms with Crippen molar-refractivity contribution in [1.82, 2.24) is 10.1 Å². The topological polar surface area (TPSA) is 119 Å². The van der Waals surface area contributed by atoms with Gasteiger partial charge in [0.25, 0.3) is 10.0 Å². The second kappa shape index (κ2) is 8.08. The molecule has 154 valence electrons. The Morgan fingerprint density at radius 1 is 1.31 bits per heavy atom. The lowest BCUT2D eigenvalue weighted by Crippen LogP contribution is -2.58. The van der Waals surface area contributed by atoms with Crippen molar-refractivity contribution in [3.8, 4) is 0 Å². The number of aryl methyl sites for hydroxylation is 1. The van der Waals surface area contributed by atoms with E-state index >= 15 is 0 Å². The predicted octanol–water partition coefficient (Wildman–Crippen LogP) is 2.32. The maximum atomic E-state index is 12.7. The van der Waals surface area contributed by atoms with E-state index in [0.29, 0.717) is 11.3 Å². The second-order valence-corrected chi connectivity index (χ2v) is 8.64. The Labute approximate surface area is 168 Å². The van der Waals surface area contributed by atoms with E-state index in [1.54, 1.807) is 32.9 Å². The van der Waals surface area contributed by atoms with Crippen molar-refractivity contribution in [1.29, 1.82) is 0 Å². The summed E-state index contributed by atoms with van der Waals surface area (Å²) in [7, 11) is -4.03. The van der Waals surface area contributed by atoms with Crippen LogP contribution in [0.5, 0.6) is 0 Å². The van der Waals surface area contributed by atoms with E-state index < -0.39 is 27.3 Å². The lowest BCUT2D eigenvalue weighted by Gasteiger charge is -2.40. The van der Waals surface area contributed by atoms with Crippen molar-refractivity contribution in [3.05, 3.63) is 59.0 Å². The molecule has 1 amide bonds. The fraction of sp³-hybridized carbons (Fsp3) is 0.316. The molecule has 1 aliphatic rings. The number of nitrogens with zero attached hydrogens (tertiary/aromatic N) is 2. The first-order chi connectivity index (χ1) is 13.7. The number of rotatable bonds is 7. The Hall–Kier alpha value is -3.14. The molecule has 1 N–H and O–H groups in total. The number of benzene rings is 1. The summed E-state index contributed by atoms with van der Waals surface area (Å²) in [4.78, 5) is 25.8. The lowest BCUT2D eigenvalue weighted by atomic mass is 10.1. The van der Waals surface area contributed by atoms with Gasteiger partial charge in [-0.2, -0.15) is 0 Å². The van der Waals surface area contributed by atoms with Crippen LogP contribution in [0.25, 0.3) is 0 Å². The van der Waals surface area contributed by atoms with Gasteiger partial charge in [0.1, 0.15) is 18.1 Å². The summed E-state index contributed by atoms with van der Waals surface area (Å²) in [5.41, 5.74) is 1.16. The maximum Gasteiger partial charge on any atom is 0.355 e. The predicted molar refractivity (Wildman–Crippen MR) is 104 cm³/mol. The first-order valence-electron chi connectivity index (χ1n) is 8.84. The highest BCUT2D eigenvalue weighted by Crippen LogP contribution is 2.32. The Balaban J connectivity index is 1.78. The summed E-state index contributed by atoms with van der Waals surface area (Å²) >= 11 is 0. The molecule has 3 rings (SSSR count). The SMILES string of the molecule is CC(C)=C(C(=O)OCc1ccccc1)N1C(=O)C[C@H]1S(=O)(=O)Nc1cc(C)on1. The first kappa shape index (κ1) is 20.6. The monoisotopic (exact) mass is 419 g/mol. The van der Waals surface area contributed by atoms with Crippen molar-refractivity contribution in [2.75, 3.05) is 4.72 Å². The number of ether oxygens (including phenoxy) is 1. The molecule has 2 heterocycles. The molecule has 1 aromatic heterocycles. The normalized spacial score (nSPS) is 16.2. The molecule has 0 unspecified atom stereocenters. The van der Waals surface area contributed by atoms with Gasteiger partial charge in [-0.05, 0) is 31.9 Å². The number of nitrogens with one attached hydrogen (secondary N) is 1. The average Bonchev–Trinajstić information content (AvgIpc) is 3.06. The smallest absolute Gasteiger partial charge is 0.355 e. The van der Waals surface area contributed by atoms with Gasteiger partial charge >= 0.3 is 5.97 Å². The number of likely N-dealkylation sites (tertiary alicyclic amines) is 1. The quantitative estimate of drug-likeness (QED) is 0.415. The Morgan fingerprint density at radius 2 is 2.00 bits per heavy atom. The standard InChI is InChI=1S/C19H21N3O6S/c1-12(2)18(19(24)27-11-14-7-5-4-6-8-14)22-16(23)10-17(22)29(25,26)21-15-9-13(3)28-20-15/h4-9,17H,10-11H2,1-3H3,(H,20,21)/t17-/m1/s1. The molecule has 1 atom stereocenters. The summed E-state index contributed by atoms with van der Waals surface area (Å²) in [5, 5.41) is 2.34. The molecular weight excluding hydrogens is 398 g/mol. The van der Waals surface area contributed by atoms with Crippen molar-refractivity contribution in [3.63, 3.8) is 0 Å². The first-order valence-corrected chi connectivity index (χ1v) is 10.4. The summed E-state index contributed by atoms with van der Waals surface area (Å²) in [6.07, 6.45) is -0.255. The van der Waals surface area contributed by atoms with Gasteiger partial charge in [0, 0.05) is 6.07 Å². The van der Waals surface area contributed by atoms with Gasteiger partial charge in [-0.25, -0.2) is 13.2 Å². The minimum atomic E-state index is -4.03. The second-order valence-electron chi connectivity index (χ2n) is 6.80. The molecule has 0 aliphatic carbocycles. The molecular formula is C19H21N3O6S. The Bertz CT molecular complexity index is 1050. The zero-order chi connectivity index (χ0) is 21.2. The zero-order valence-corrected chi connectivity index (χ0v) is 17.0. The molecule has 2 aromatic rings. The van der Waals surface area contributed by atoms with E-state index in [-0.39, 0.29) is 24.5 Å². The van der Waals surface area contributed by atoms with Crippen LogP contribution < -0.4 is 4.72 Å². The van der Waals surface area contributed by atoms with E-state index in [2.05, 4.69) is 9.88 Å². The number of carbonyl (C=O) groups excluding carboxylic acids is 2. The molecule has 1 saturated heterocycles. The number of hydrogen-bond acceptors (Lipinski definition) is 7. The minimum Gasteiger partial charge on any atom is -0.456 e. The molecule has 0 saturated carbocycles. The summed E-state index contributed by atoms with van der Waals surface area (Å²) < 4.78 is 37.9. The van der Waals surface area contributed by atoms with Crippen LogP contribution >= 0.6 is 0 Å². The summed E-state index contributed by atoms with van der Waals surface area (Å²) in [6.45, 7) is 4.85. The van der Waals surface area contributed by atoms with Gasteiger partial charge < -0.3 is 9.26 Å². The number of esters is 1. The molecule has 1 aromatic carbocycles. The highest BCUT2D eigenvalue weighted by atomic mass is 32.2. The largest absolute Gasteiger partial charge is 0.456 e. The molecule has 0 spiro atoms. The van der Waals surface area contributed by atoms with E-state index in [0.717, 1.165) is 10.5 Å². The van der Waals surface area contributed by atoms with Gasteiger partial charge in [-0.3, -0.25) is 14.4 Å². The van der Waals surface area contributed by atoms with E-state index in [1.165, 1.54) is 6.07 Å². The number of amides is 1. The van der Waals surface area contributed by atoms with Crippen molar-refractivity contribution < 1.29 is 27.3 Å². The van der Waals surface area contributed by atoms with Crippen LogP contribution in [0.4, 0.5) is 5.82 Å². The van der Waals surface area contributed by atoms with Crippen LogP contribution in [-0.4, -0.2) is 35.7 Å². The van der Waals surface area contributed by atoms with E-state index in [4.69, 9.17) is 9.26 Å².